The fourth-order valence-corrected chi connectivity index (χ4v) is 2.08. The summed E-state index contributed by atoms with van der Waals surface area (Å²) < 4.78 is 6.75. The Labute approximate surface area is 113 Å². The van der Waals surface area contributed by atoms with Gasteiger partial charge in [-0.25, -0.2) is 0 Å². The normalized spacial score (nSPS) is 10.4. The first-order valence-corrected chi connectivity index (χ1v) is 6.29. The zero-order valence-electron chi connectivity index (χ0n) is 9.02. The van der Waals surface area contributed by atoms with Crippen LogP contribution in [0.25, 0.3) is 11.3 Å². The van der Waals surface area contributed by atoms with Crippen LogP contribution in [0.4, 0.5) is 0 Å². The number of carbonyl (C=O) groups is 1. The van der Waals surface area contributed by atoms with Crippen molar-refractivity contribution in [2.24, 2.45) is 0 Å². The number of aryl methyl sites for hydroxylation is 1. The topological polar surface area (TPSA) is 50.4 Å². The van der Waals surface area contributed by atoms with E-state index in [2.05, 4.69) is 22.6 Å². The van der Waals surface area contributed by atoms with Crippen LogP contribution in [0.3, 0.4) is 0 Å². The average molecular weight is 342 g/mol. The molecule has 0 fully saturated rings. The van der Waals surface area contributed by atoms with Gasteiger partial charge in [-0.2, -0.15) is 0 Å². The van der Waals surface area contributed by atoms with Crippen molar-refractivity contribution in [1.82, 2.24) is 0 Å². The number of aliphatic carboxylic acids is 1. The summed E-state index contributed by atoms with van der Waals surface area (Å²) >= 11 is 2.24. The average Bonchev–Trinajstić information content (AvgIpc) is 2.75. The molecule has 88 valence electrons. The minimum atomic E-state index is -0.808. The lowest BCUT2D eigenvalue weighted by molar-refractivity contribution is -0.137. The molecule has 0 aliphatic carbocycles. The molecule has 0 atom stereocenters. The van der Waals surface area contributed by atoms with Crippen molar-refractivity contribution < 1.29 is 14.3 Å². The summed E-state index contributed by atoms with van der Waals surface area (Å²) in [6.45, 7) is 0. The lowest BCUT2D eigenvalue weighted by atomic mass is 10.2. The van der Waals surface area contributed by atoms with E-state index in [-0.39, 0.29) is 6.42 Å². The molecule has 0 saturated carbocycles. The number of rotatable bonds is 4. The molecule has 17 heavy (non-hydrogen) atoms. The van der Waals surface area contributed by atoms with Crippen molar-refractivity contribution in [1.29, 1.82) is 0 Å². The van der Waals surface area contributed by atoms with E-state index in [4.69, 9.17) is 9.52 Å². The van der Waals surface area contributed by atoms with Crippen LogP contribution in [-0.2, 0) is 11.2 Å². The minimum absolute atomic E-state index is 0.0965. The highest BCUT2D eigenvalue weighted by molar-refractivity contribution is 14.1. The molecule has 3 nitrogen and oxygen atoms in total. The molecule has 0 unspecified atom stereocenters. The Hall–Kier alpha value is -1.30. The zero-order valence-corrected chi connectivity index (χ0v) is 11.2. The van der Waals surface area contributed by atoms with E-state index >= 15 is 0 Å². The Morgan fingerprint density at radius 1 is 1.29 bits per heavy atom. The van der Waals surface area contributed by atoms with Crippen molar-refractivity contribution in [2.45, 2.75) is 12.8 Å². The van der Waals surface area contributed by atoms with Crippen molar-refractivity contribution in [3.63, 3.8) is 0 Å². The Morgan fingerprint density at radius 3 is 2.82 bits per heavy atom. The molecule has 1 heterocycles. The fourth-order valence-electron chi connectivity index (χ4n) is 1.54. The molecule has 1 N–H and O–H groups in total. The van der Waals surface area contributed by atoms with Crippen LogP contribution in [0.5, 0.6) is 0 Å². The van der Waals surface area contributed by atoms with Crippen LogP contribution in [0.2, 0.25) is 0 Å². The first-order chi connectivity index (χ1) is 8.15. The van der Waals surface area contributed by atoms with Gasteiger partial charge in [0.2, 0.25) is 0 Å². The Kier molecular flexibility index (Phi) is 3.83. The van der Waals surface area contributed by atoms with Crippen LogP contribution in [0.15, 0.2) is 40.8 Å². The molecule has 1 aromatic heterocycles. The molecule has 0 aliphatic rings. The highest BCUT2D eigenvalue weighted by atomic mass is 127. The molecule has 0 saturated heterocycles. The van der Waals surface area contributed by atoms with Gasteiger partial charge in [0.25, 0.3) is 0 Å². The SMILES string of the molecule is O=C(O)CCc1ccc(-c2cccc(I)c2)o1. The predicted molar refractivity (Wildman–Crippen MR) is 72.8 cm³/mol. The smallest absolute Gasteiger partial charge is 0.303 e. The summed E-state index contributed by atoms with van der Waals surface area (Å²) in [5.74, 6) is 0.683. The quantitative estimate of drug-likeness (QED) is 0.865. The number of furan rings is 1. The van der Waals surface area contributed by atoms with E-state index < -0.39 is 5.97 Å². The van der Waals surface area contributed by atoms with E-state index in [9.17, 15) is 4.79 Å². The van der Waals surface area contributed by atoms with Gasteiger partial charge in [0.15, 0.2) is 0 Å². The monoisotopic (exact) mass is 342 g/mol. The summed E-state index contributed by atoms with van der Waals surface area (Å²) in [4.78, 5) is 10.5. The molecule has 0 radical (unpaired) electrons. The third-order valence-electron chi connectivity index (χ3n) is 2.36. The molecule has 0 bridgehead atoms. The van der Waals surface area contributed by atoms with Gasteiger partial charge in [0, 0.05) is 15.6 Å². The molecule has 1 aromatic carbocycles. The zero-order chi connectivity index (χ0) is 12.3. The van der Waals surface area contributed by atoms with Crippen LogP contribution in [-0.4, -0.2) is 11.1 Å². The second-order valence-electron chi connectivity index (χ2n) is 3.67. The van der Waals surface area contributed by atoms with Gasteiger partial charge in [-0.15, -0.1) is 0 Å². The van der Waals surface area contributed by atoms with Gasteiger partial charge < -0.3 is 9.52 Å². The third-order valence-corrected chi connectivity index (χ3v) is 3.03. The van der Waals surface area contributed by atoms with Gasteiger partial charge in [-0.05, 0) is 46.9 Å². The van der Waals surface area contributed by atoms with Crippen molar-refractivity contribution >= 4 is 28.6 Å². The molecule has 0 aliphatic heterocycles. The molecular formula is C13H11IO3. The Bertz CT molecular complexity index is 531. The second-order valence-corrected chi connectivity index (χ2v) is 4.92. The van der Waals surface area contributed by atoms with E-state index in [1.54, 1.807) is 0 Å². The van der Waals surface area contributed by atoms with Crippen LogP contribution < -0.4 is 0 Å². The highest BCUT2D eigenvalue weighted by Crippen LogP contribution is 2.24. The largest absolute Gasteiger partial charge is 0.481 e. The first kappa shape index (κ1) is 12.2. The van der Waals surface area contributed by atoms with E-state index in [0.29, 0.717) is 12.2 Å². The summed E-state index contributed by atoms with van der Waals surface area (Å²) in [6, 6.07) is 11.7. The van der Waals surface area contributed by atoms with Crippen LogP contribution >= 0.6 is 22.6 Å². The van der Waals surface area contributed by atoms with E-state index in [0.717, 1.165) is 14.9 Å². The van der Waals surface area contributed by atoms with Gasteiger partial charge in [-0.1, -0.05) is 12.1 Å². The highest BCUT2D eigenvalue weighted by Gasteiger charge is 2.06. The van der Waals surface area contributed by atoms with Gasteiger partial charge >= 0.3 is 5.97 Å². The van der Waals surface area contributed by atoms with Gasteiger partial charge in [-0.3, -0.25) is 4.79 Å². The predicted octanol–water partition coefficient (Wildman–Crippen LogP) is 3.57. The lowest BCUT2D eigenvalue weighted by Gasteiger charge is -1.98. The standard InChI is InChI=1S/C13H11IO3/c14-10-3-1-2-9(8-10)12-6-4-11(17-12)5-7-13(15)16/h1-4,6,8H,5,7H2,(H,15,16). The molecule has 2 aromatic rings. The Morgan fingerprint density at radius 2 is 2.12 bits per heavy atom. The number of halogens is 1. The minimum Gasteiger partial charge on any atom is -0.481 e. The summed E-state index contributed by atoms with van der Waals surface area (Å²) in [6.07, 6.45) is 0.526. The number of hydrogen-bond donors (Lipinski definition) is 1. The van der Waals surface area contributed by atoms with Crippen LogP contribution in [0, 0.1) is 3.57 Å². The summed E-state index contributed by atoms with van der Waals surface area (Å²) in [5.41, 5.74) is 1.01. The molecule has 0 amide bonds. The summed E-state index contributed by atoms with van der Waals surface area (Å²) in [5, 5.41) is 8.59. The maximum absolute atomic E-state index is 10.5. The summed E-state index contributed by atoms with van der Waals surface area (Å²) in [7, 11) is 0. The molecule has 0 spiro atoms. The van der Waals surface area contributed by atoms with Crippen molar-refractivity contribution in [2.75, 3.05) is 0 Å². The van der Waals surface area contributed by atoms with E-state index in [1.165, 1.54) is 0 Å². The van der Waals surface area contributed by atoms with Crippen molar-refractivity contribution in [3.05, 3.63) is 45.7 Å². The molecule has 2 rings (SSSR count). The fraction of sp³-hybridized carbons (Fsp3) is 0.154. The maximum Gasteiger partial charge on any atom is 0.303 e. The second kappa shape index (κ2) is 5.35. The van der Waals surface area contributed by atoms with Gasteiger partial charge in [0.1, 0.15) is 11.5 Å². The van der Waals surface area contributed by atoms with E-state index in [1.807, 2.05) is 36.4 Å². The number of carboxylic acids is 1. The lowest BCUT2D eigenvalue weighted by Crippen LogP contribution is -1.96. The number of benzene rings is 1. The van der Waals surface area contributed by atoms with Crippen molar-refractivity contribution in [3.8, 4) is 11.3 Å². The van der Waals surface area contributed by atoms with Gasteiger partial charge in [0.05, 0.1) is 6.42 Å². The number of hydrogen-bond acceptors (Lipinski definition) is 2. The first-order valence-electron chi connectivity index (χ1n) is 5.21. The molecular weight excluding hydrogens is 331 g/mol. The third kappa shape index (κ3) is 3.33. The van der Waals surface area contributed by atoms with Crippen LogP contribution in [0.1, 0.15) is 12.2 Å². The maximum atomic E-state index is 10.5. The molecule has 4 heteroatoms. The Balaban J connectivity index is 2.15. The number of carboxylic acid groups (broad SMARTS) is 1.